The lowest BCUT2D eigenvalue weighted by Crippen LogP contribution is -2.37. The molecular formula is C20H22N2O6S3. The fourth-order valence-electron chi connectivity index (χ4n) is 3.34. The quantitative estimate of drug-likeness (QED) is 0.535. The Morgan fingerprint density at radius 3 is 2.58 bits per heavy atom. The third kappa shape index (κ3) is 4.85. The van der Waals surface area contributed by atoms with Crippen molar-refractivity contribution in [3.05, 3.63) is 70.3 Å². The second-order valence-electron chi connectivity index (χ2n) is 7.14. The van der Waals surface area contributed by atoms with Crippen molar-refractivity contribution < 1.29 is 26.4 Å². The molecule has 0 saturated carbocycles. The lowest BCUT2D eigenvalue weighted by atomic mass is 10.2. The van der Waals surface area contributed by atoms with E-state index in [0.717, 1.165) is 11.3 Å². The molecule has 1 aromatic carbocycles. The van der Waals surface area contributed by atoms with E-state index in [2.05, 4.69) is 4.72 Å². The standard InChI is InChI=1S/C20H22N2O6S3/c23-20(18-4-3-12-28-18)19-10-7-16(29-19)14-21-31(26,27)17-8-5-15(6-9-17)22-11-1-2-13-30(22,24)25/h3-10,12,20-21,23H,1-2,11,13-14H2/t20-/m0/s1. The van der Waals surface area contributed by atoms with Crippen LogP contribution >= 0.6 is 11.3 Å². The predicted molar refractivity (Wildman–Crippen MR) is 118 cm³/mol. The second kappa shape index (κ2) is 8.75. The highest BCUT2D eigenvalue weighted by Gasteiger charge is 2.26. The molecule has 0 aliphatic carbocycles. The van der Waals surface area contributed by atoms with E-state index >= 15 is 0 Å². The molecule has 1 aliphatic heterocycles. The summed E-state index contributed by atoms with van der Waals surface area (Å²) in [5, 5.41) is 10.3. The summed E-state index contributed by atoms with van der Waals surface area (Å²) in [6.07, 6.45) is 1.99. The molecule has 3 heterocycles. The van der Waals surface area contributed by atoms with Crippen molar-refractivity contribution in [2.75, 3.05) is 16.6 Å². The van der Waals surface area contributed by atoms with Gasteiger partial charge in [-0.1, -0.05) is 0 Å². The van der Waals surface area contributed by atoms with Gasteiger partial charge in [-0.05, 0) is 61.4 Å². The van der Waals surface area contributed by atoms with Crippen molar-refractivity contribution in [1.29, 1.82) is 0 Å². The molecular weight excluding hydrogens is 460 g/mol. The van der Waals surface area contributed by atoms with Crippen LogP contribution in [0.5, 0.6) is 0 Å². The van der Waals surface area contributed by atoms with Gasteiger partial charge in [-0.25, -0.2) is 21.6 Å². The van der Waals surface area contributed by atoms with Crippen LogP contribution in [0.1, 0.15) is 34.5 Å². The number of hydrogen-bond acceptors (Lipinski definition) is 7. The highest BCUT2D eigenvalue weighted by molar-refractivity contribution is 7.92. The van der Waals surface area contributed by atoms with Gasteiger partial charge in [0.1, 0.15) is 11.9 Å². The summed E-state index contributed by atoms with van der Waals surface area (Å²) >= 11 is 1.29. The van der Waals surface area contributed by atoms with Crippen LogP contribution in [-0.4, -0.2) is 34.2 Å². The minimum absolute atomic E-state index is 0.0538. The Morgan fingerprint density at radius 2 is 1.90 bits per heavy atom. The summed E-state index contributed by atoms with van der Waals surface area (Å²) in [5.74, 6) is 0.524. The van der Waals surface area contributed by atoms with E-state index in [-0.39, 0.29) is 17.2 Å². The van der Waals surface area contributed by atoms with Crippen LogP contribution in [0.2, 0.25) is 0 Å². The van der Waals surface area contributed by atoms with Crippen LogP contribution in [0.4, 0.5) is 5.69 Å². The summed E-state index contributed by atoms with van der Waals surface area (Å²) in [6.45, 7) is 0.470. The number of sulfonamides is 2. The van der Waals surface area contributed by atoms with Crippen LogP contribution in [0.3, 0.4) is 0 Å². The molecule has 3 aromatic rings. The van der Waals surface area contributed by atoms with Crippen LogP contribution in [0, 0.1) is 0 Å². The monoisotopic (exact) mass is 482 g/mol. The molecule has 2 N–H and O–H groups in total. The minimum Gasteiger partial charge on any atom is -0.466 e. The van der Waals surface area contributed by atoms with Crippen molar-refractivity contribution in [3.8, 4) is 0 Å². The van der Waals surface area contributed by atoms with E-state index in [1.54, 1.807) is 24.3 Å². The van der Waals surface area contributed by atoms with Gasteiger partial charge in [-0.2, -0.15) is 0 Å². The average Bonchev–Trinajstić information content (AvgIpc) is 3.44. The number of nitrogens with zero attached hydrogens (tertiary/aromatic N) is 1. The third-order valence-corrected chi connectivity index (χ3v) is 9.41. The van der Waals surface area contributed by atoms with E-state index in [0.29, 0.717) is 29.3 Å². The number of benzene rings is 1. The first-order valence-electron chi connectivity index (χ1n) is 9.66. The maximum absolute atomic E-state index is 12.6. The van der Waals surface area contributed by atoms with Crippen molar-refractivity contribution in [3.63, 3.8) is 0 Å². The van der Waals surface area contributed by atoms with E-state index in [1.807, 2.05) is 0 Å². The average molecular weight is 483 g/mol. The zero-order valence-electron chi connectivity index (χ0n) is 16.5. The van der Waals surface area contributed by atoms with Gasteiger partial charge in [0.25, 0.3) is 0 Å². The Hall–Kier alpha value is -2.18. The number of nitrogens with one attached hydrogen (secondary N) is 1. The highest BCUT2D eigenvalue weighted by Crippen LogP contribution is 2.29. The first-order chi connectivity index (χ1) is 14.8. The first kappa shape index (κ1) is 22.0. The van der Waals surface area contributed by atoms with E-state index < -0.39 is 26.2 Å². The van der Waals surface area contributed by atoms with E-state index in [4.69, 9.17) is 4.42 Å². The molecule has 4 rings (SSSR count). The van der Waals surface area contributed by atoms with Gasteiger partial charge >= 0.3 is 0 Å². The van der Waals surface area contributed by atoms with Gasteiger partial charge in [-0.3, -0.25) is 4.31 Å². The van der Waals surface area contributed by atoms with Gasteiger partial charge in [0.15, 0.2) is 0 Å². The van der Waals surface area contributed by atoms with Crippen LogP contribution in [0.25, 0.3) is 0 Å². The largest absolute Gasteiger partial charge is 0.466 e. The van der Waals surface area contributed by atoms with Crippen LogP contribution in [0.15, 0.2) is 64.1 Å². The molecule has 166 valence electrons. The lowest BCUT2D eigenvalue weighted by molar-refractivity contribution is 0.193. The fraction of sp³-hybridized carbons (Fsp3) is 0.300. The van der Waals surface area contributed by atoms with Crippen molar-refractivity contribution in [2.24, 2.45) is 0 Å². The Bertz CT molecular complexity index is 1230. The molecule has 0 radical (unpaired) electrons. The van der Waals surface area contributed by atoms with E-state index in [1.165, 1.54) is 46.2 Å². The third-order valence-electron chi connectivity index (χ3n) is 4.99. The second-order valence-corrected chi connectivity index (χ2v) is 12.1. The Labute approximate surface area is 185 Å². The molecule has 0 amide bonds. The highest BCUT2D eigenvalue weighted by atomic mass is 32.2. The number of aliphatic hydroxyl groups is 1. The van der Waals surface area contributed by atoms with Crippen molar-refractivity contribution >= 4 is 37.1 Å². The molecule has 0 spiro atoms. The van der Waals surface area contributed by atoms with Crippen molar-refractivity contribution in [2.45, 2.75) is 30.4 Å². The van der Waals surface area contributed by atoms with Gasteiger partial charge in [-0.15, -0.1) is 11.3 Å². The summed E-state index contributed by atoms with van der Waals surface area (Å²) in [4.78, 5) is 1.44. The zero-order chi connectivity index (χ0) is 22.1. The fourth-order valence-corrected chi connectivity index (χ4v) is 7.03. The Kier molecular flexibility index (Phi) is 6.22. The molecule has 2 aromatic heterocycles. The molecule has 1 aliphatic rings. The SMILES string of the molecule is O=S(=O)(NCc1ccc([C@@H](O)c2ccco2)s1)c1ccc(N2CCCCS2(=O)=O)cc1. The van der Waals surface area contributed by atoms with Gasteiger partial charge < -0.3 is 9.52 Å². The smallest absolute Gasteiger partial charge is 0.240 e. The topological polar surface area (TPSA) is 117 Å². The first-order valence-corrected chi connectivity index (χ1v) is 13.6. The number of furan rings is 1. The van der Waals surface area contributed by atoms with Crippen LogP contribution in [-0.2, 0) is 26.6 Å². The zero-order valence-corrected chi connectivity index (χ0v) is 18.9. The maximum Gasteiger partial charge on any atom is 0.240 e. The molecule has 0 bridgehead atoms. The number of rotatable bonds is 7. The molecule has 31 heavy (non-hydrogen) atoms. The Balaban J connectivity index is 1.42. The van der Waals surface area contributed by atoms with Crippen molar-refractivity contribution in [1.82, 2.24) is 4.72 Å². The molecule has 1 atom stereocenters. The minimum atomic E-state index is -3.78. The molecule has 8 nitrogen and oxygen atoms in total. The molecule has 11 heteroatoms. The number of thiophene rings is 1. The molecule has 1 fully saturated rings. The normalized spacial score (nSPS) is 17.5. The molecule has 0 unspecified atom stereocenters. The van der Waals surface area contributed by atoms with Gasteiger partial charge in [0.05, 0.1) is 22.6 Å². The molecule has 1 saturated heterocycles. The predicted octanol–water partition coefficient (Wildman–Crippen LogP) is 2.83. The van der Waals surface area contributed by atoms with Gasteiger partial charge in [0.2, 0.25) is 20.0 Å². The summed E-state index contributed by atoms with van der Waals surface area (Å²) in [7, 11) is -7.13. The lowest BCUT2D eigenvalue weighted by Gasteiger charge is -2.28. The number of aliphatic hydroxyl groups excluding tert-OH is 1. The van der Waals surface area contributed by atoms with Crippen LogP contribution < -0.4 is 9.03 Å². The van der Waals surface area contributed by atoms with Gasteiger partial charge in [0, 0.05) is 22.8 Å². The summed E-state index contributed by atoms with van der Waals surface area (Å²) in [5.41, 5.74) is 0.466. The maximum atomic E-state index is 12.6. The summed E-state index contributed by atoms with van der Waals surface area (Å²) < 4.78 is 58.8. The van der Waals surface area contributed by atoms with E-state index in [9.17, 15) is 21.9 Å². The number of hydrogen-bond donors (Lipinski definition) is 2. The number of anilines is 1. The Morgan fingerprint density at radius 1 is 1.13 bits per heavy atom. The summed E-state index contributed by atoms with van der Waals surface area (Å²) in [6, 6.07) is 12.7.